The van der Waals surface area contributed by atoms with Gasteiger partial charge in [-0.3, -0.25) is 9.69 Å². The van der Waals surface area contributed by atoms with E-state index in [1.54, 1.807) is 19.6 Å². The second-order valence-corrected chi connectivity index (χ2v) is 15.3. The molecule has 0 N–H and O–H groups in total. The Kier molecular flexibility index (Phi) is 9.46. The highest BCUT2D eigenvalue weighted by atomic mass is 16.6. The first kappa shape index (κ1) is 33.6. The lowest BCUT2D eigenvalue weighted by molar-refractivity contribution is -0.124. The number of oxazole rings is 1. The number of fused-ring (bicyclic) bond motifs is 3. The first-order chi connectivity index (χ1) is 23.7. The standard InChI is InChI=1S/C40H52N4O5/c1-5-28-23-43(24-28)38(46)49-32-10-7-29(8-11-32)37(45)44(35-22-30(13-20-41-35)33-25-48-36(6-2)42-33)26-39-14-17-40(18-15-39,19-16-39)31-9-12-34(47-4)27(3)21-31/h9,12-13,20-22,25,28-29,32H,5-8,10-11,14-19,23-24,26H2,1-4H3. The van der Waals surface area contributed by atoms with Crippen molar-refractivity contribution in [3.63, 3.8) is 0 Å². The molecule has 4 saturated carbocycles. The van der Waals surface area contributed by atoms with E-state index in [1.165, 1.54) is 11.1 Å². The zero-order valence-electron chi connectivity index (χ0n) is 29.7. The quantitative estimate of drug-likeness (QED) is 0.214. The fourth-order valence-electron chi connectivity index (χ4n) is 8.92. The molecule has 3 heterocycles. The molecule has 1 aromatic carbocycles. The van der Waals surface area contributed by atoms with Gasteiger partial charge in [0.25, 0.3) is 0 Å². The summed E-state index contributed by atoms with van der Waals surface area (Å²) in [5, 5.41) is 0. The molecule has 2 amide bonds. The number of carbonyl (C=O) groups excluding carboxylic acids is 2. The van der Waals surface area contributed by atoms with Crippen LogP contribution in [0, 0.1) is 24.2 Å². The Labute approximate surface area is 290 Å². The molecule has 2 aromatic heterocycles. The Bertz CT molecular complexity index is 1630. The maximum Gasteiger partial charge on any atom is 0.410 e. The van der Waals surface area contributed by atoms with Crippen LogP contribution in [0.1, 0.15) is 101 Å². The first-order valence-corrected chi connectivity index (χ1v) is 18.6. The van der Waals surface area contributed by atoms with Gasteiger partial charge in [0.05, 0.1) is 7.11 Å². The number of ether oxygens (including phenoxy) is 2. The average Bonchev–Trinajstić information content (AvgIpc) is 3.61. The van der Waals surface area contributed by atoms with E-state index in [0.29, 0.717) is 49.9 Å². The van der Waals surface area contributed by atoms with Gasteiger partial charge in [0, 0.05) is 43.7 Å². The highest BCUT2D eigenvalue weighted by molar-refractivity contribution is 5.95. The van der Waals surface area contributed by atoms with Crippen LogP contribution in [0.3, 0.4) is 0 Å². The number of anilines is 1. The number of carbonyl (C=O) groups is 2. The van der Waals surface area contributed by atoms with Gasteiger partial charge in [0.15, 0.2) is 5.89 Å². The van der Waals surface area contributed by atoms with Gasteiger partial charge in [0.2, 0.25) is 5.91 Å². The molecule has 9 heteroatoms. The van der Waals surface area contributed by atoms with E-state index in [-0.39, 0.29) is 34.9 Å². The molecule has 2 bridgehead atoms. The van der Waals surface area contributed by atoms with E-state index in [9.17, 15) is 9.59 Å². The third-order valence-electron chi connectivity index (χ3n) is 12.4. The number of amides is 2. The van der Waals surface area contributed by atoms with Crippen LogP contribution < -0.4 is 9.64 Å². The van der Waals surface area contributed by atoms with Gasteiger partial charge in [-0.25, -0.2) is 14.8 Å². The number of hydrogen-bond acceptors (Lipinski definition) is 7. The topological polar surface area (TPSA) is 98.0 Å². The highest BCUT2D eigenvalue weighted by Crippen LogP contribution is 2.58. The molecule has 262 valence electrons. The summed E-state index contributed by atoms with van der Waals surface area (Å²) >= 11 is 0. The van der Waals surface area contributed by atoms with Gasteiger partial charge in [0.1, 0.15) is 29.6 Å². The second-order valence-electron chi connectivity index (χ2n) is 15.3. The lowest BCUT2D eigenvalue weighted by Crippen LogP contribution is -2.52. The van der Waals surface area contributed by atoms with Gasteiger partial charge in [-0.05, 0) is 124 Å². The zero-order chi connectivity index (χ0) is 34.2. The summed E-state index contributed by atoms with van der Waals surface area (Å²) in [6.45, 7) is 8.57. The normalized spacial score (nSPS) is 26.7. The summed E-state index contributed by atoms with van der Waals surface area (Å²) in [5.41, 5.74) is 4.52. The summed E-state index contributed by atoms with van der Waals surface area (Å²) < 4.78 is 17.1. The number of aromatic nitrogens is 2. The molecule has 9 nitrogen and oxygen atoms in total. The van der Waals surface area contributed by atoms with E-state index in [4.69, 9.17) is 18.9 Å². The van der Waals surface area contributed by atoms with E-state index in [2.05, 4.69) is 37.0 Å². The Morgan fingerprint density at radius 3 is 2.37 bits per heavy atom. The highest BCUT2D eigenvalue weighted by Gasteiger charge is 2.51. The minimum atomic E-state index is -0.198. The molecule has 0 atom stereocenters. The van der Waals surface area contributed by atoms with Crippen molar-refractivity contribution in [3.05, 3.63) is 59.8 Å². The third-order valence-corrected chi connectivity index (χ3v) is 12.4. The van der Waals surface area contributed by atoms with Gasteiger partial charge in [-0.15, -0.1) is 0 Å². The van der Waals surface area contributed by atoms with E-state index in [0.717, 1.165) is 81.5 Å². The minimum Gasteiger partial charge on any atom is -0.496 e. The van der Waals surface area contributed by atoms with Crippen LogP contribution in [-0.4, -0.2) is 59.7 Å². The first-order valence-electron chi connectivity index (χ1n) is 18.6. The predicted octanol–water partition coefficient (Wildman–Crippen LogP) is 8.28. The van der Waals surface area contributed by atoms with Crippen molar-refractivity contribution >= 4 is 17.8 Å². The number of aryl methyl sites for hydroxylation is 2. The largest absolute Gasteiger partial charge is 0.496 e. The van der Waals surface area contributed by atoms with Crippen LogP contribution in [0.4, 0.5) is 10.6 Å². The Morgan fingerprint density at radius 1 is 1.00 bits per heavy atom. The lowest BCUT2D eigenvalue weighted by atomic mass is 9.51. The second kappa shape index (κ2) is 13.8. The fourth-order valence-corrected chi connectivity index (χ4v) is 8.92. The molecular weight excluding hydrogens is 616 g/mol. The van der Waals surface area contributed by atoms with Crippen molar-refractivity contribution in [3.8, 4) is 17.0 Å². The molecule has 1 aliphatic heterocycles. The fraction of sp³-hybridized carbons (Fsp3) is 0.600. The minimum absolute atomic E-state index is 0.0557. The smallest absolute Gasteiger partial charge is 0.410 e. The third kappa shape index (κ3) is 6.70. The molecule has 8 rings (SSSR count). The van der Waals surface area contributed by atoms with Crippen LogP contribution >= 0.6 is 0 Å². The Hall–Kier alpha value is -3.88. The monoisotopic (exact) mass is 668 g/mol. The van der Waals surface area contributed by atoms with Gasteiger partial charge >= 0.3 is 6.09 Å². The predicted molar refractivity (Wildman–Crippen MR) is 189 cm³/mol. The van der Waals surface area contributed by atoms with Crippen molar-refractivity contribution in [2.45, 2.75) is 109 Å². The van der Waals surface area contributed by atoms with Gasteiger partial charge in [-0.2, -0.15) is 0 Å². The zero-order valence-corrected chi connectivity index (χ0v) is 29.7. The SMILES string of the molecule is CCc1nc(-c2ccnc(N(CC34CCC(c5ccc(OC)c(C)c5)(CC3)CC4)C(=O)C3CCC(OC(=O)N4CC(CC)C4)CC3)c2)co1. The summed E-state index contributed by atoms with van der Waals surface area (Å²) in [4.78, 5) is 40.6. The summed E-state index contributed by atoms with van der Waals surface area (Å²) in [6.07, 6.45) is 14.4. The maximum atomic E-state index is 14.6. The van der Waals surface area contributed by atoms with Crippen LogP contribution in [0.2, 0.25) is 0 Å². The summed E-state index contributed by atoms with van der Waals surface area (Å²) in [6, 6.07) is 10.7. The van der Waals surface area contributed by atoms with Crippen molar-refractivity contribution in [1.82, 2.24) is 14.9 Å². The molecule has 0 radical (unpaired) electrons. The molecule has 5 aliphatic rings. The maximum absolute atomic E-state index is 14.6. The number of rotatable bonds is 10. The number of nitrogens with zero attached hydrogens (tertiary/aromatic N) is 4. The van der Waals surface area contributed by atoms with Crippen LogP contribution in [0.25, 0.3) is 11.3 Å². The van der Waals surface area contributed by atoms with Crippen LogP contribution in [0.5, 0.6) is 5.75 Å². The van der Waals surface area contributed by atoms with E-state index < -0.39 is 0 Å². The molecular formula is C40H52N4O5. The molecule has 3 aromatic rings. The van der Waals surface area contributed by atoms with Gasteiger partial charge < -0.3 is 18.8 Å². The molecule has 0 unspecified atom stereocenters. The van der Waals surface area contributed by atoms with E-state index >= 15 is 0 Å². The average molecular weight is 669 g/mol. The number of hydrogen-bond donors (Lipinski definition) is 0. The van der Waals surface area contributed by atoms with Crippen LogP contribution in [0.15, 0.2) is 47.2 Å². The molecule has 0 spiro atoms. The summed E-state index contributed by atoms with van der Waals surface area (Å²) in [7, 11) is 1.73. The van der Waals surface area contributed by atoms with E-state index in [1.807, 2.05) is 28.9 Å². The number of pyridine rings is 1. The lowest BCUT2D eigenvalue weighted by Gasteiger charge is -2.55. The Balaban J connectivity index is 1.08. The van der Waals surface area contributed by atoms with Crippen molar-refractivity contribution in [2.75, 3.05) is 31.6 Å². The molecule has 1 saturated heterocycles. The number of methoxy groups -OCH3 is 1. The van der Waals surface area contributed by atoms with Crippen molar-refractivity contribution in [1.29, 1.82) is 0 Å². The van der Waals surface area contributed by atoms with Crippen molar-refractivity contribution in [2.24, 2.45) is 17.3 Å². The number of benzene rings is 1. The van der Waals surface area contributed by atoms with Crippen LogP contribution in [-0.2, 0) is 21.4 Å². The Morgan fingerprint density at radius 2 is 1.73 bits per heavy atom. The van der Waals surface area contributed by atoms with Crippen molar-refractivity contribution < 1.29 is 23.5 Å². The summed E-state index contributed by atoms with van der Waals surface area (Å²) in [5.74, 6) is 2.92. The molecule has 4 aliphatic carbocycles. The molecule has 49 heavy (non-hydrogen) atoms. The number of likely N-dealkylation sites (tertiary alicyclic amines) is 1. The molecule has 5 fully saturated rings. The van der Waals surface area contributed by atoms with Gasteiger partial charge in [-0.1, -0.05) is 26.0 Å².